The van der Waals surface area contributed by atoms with Crippen LogP contribution in [0.2, 0.25) is 0 Å². The number of hydrogen-bond donors (Lipinski definition) is 0. The van der Waals surface area contributed by atoms with Crippen molar-refractivity contribution in [1.29, 1.82) is 0 Å². The van der Waals surface area contributed by atoms with Crippen molar-refractivity contribution in [2.75, 3.05) is 0 Å². The second-order valence-corrected chi connectivity index (χ2v) is 2.31. The standard InChI is InChI=1S/C9H8O2/c1-7-3-2-4-8(5-10)9(7)6-11/h2-6H,1H3. The Morgan fingerprint density at radius 2 is 1.91 bits per heavy atom. The molecule has 2 heteroatoms. The minimum atomic E-state index is 0.458. The summed E-state index contributed by atoms with van der Waals surface area (Å²) in [5, 5.41) is 0. The molecule has 0 fully saturated rings. The van der Waals surface area contributed by atoms with E-state index < -0.39 is 0 Å². The van der Waals surface area contributed by atoms with E-state index >= 15 is 0 Å². The third-order valence-corrected chi connectivity index (χ3v) is 1.60. The van der Waals surface area contributed by atoms with Crippen molar-refractivity contribution < 1.29 is 9.59 Å². The van der Waals surface area contributed by atoms with Gasteiger partial charge in [0.15, 0.2) is 12.6 Å². The average Bonchev–Trinajstić information content (AvgIpc) is 2.04. The Morgan fingerprint density at radius 1 is 1.18 bits per heavy atom. The number of aldehydes is 2. The number of benzene rings is 1. The van der Waals surface area contributed by atoms with Gasteiger partial charge in [-0.15, -0.1) is 0 Å². The summed E-state index contributed by atoms with van der Waals surface area (Å²) >= 11 is 0. The lowest BCUT2D eigenvalue weighted by molar-refractivity contribution is 0.109. The van der Waals surface area contributed by atoms with Crippen molar-refractivity contribution in [2.24, 2.45) is 0 Å². The molecular formula is C9H8O2. The average molecular weight is 148 g/mol. The van der Waals surface area contributed by atoms with Crippen LogP contribution >= 0.6 is 0 Å². The van der Waals surface area contributed by atoms with Gasteiger partial charge < -0.3 is 0 Å². The first-order chi connectivity index (χ1) is 5.29. The summed E-state index contributed by atoms with van der Waals surface area (Å²) in [5.41, 5.74) is 1.78. The molecule has 0 saturated heterocycles. The van der Waals surface area contributed by atoms with Gasteiger partial charge in [-0.25, -0.2) is 0 Å². The predicted octanol–water partition coefficient (Wildman–Crippen LogP) is 1.62. The van der Waals surface area contributed by atoms with Gasteiger partial charge in [0.25, 0.3) is 0 Å². The summed E-state index contributed by atoms with van der Waals surface area (Å²) in [6.45, 7) is 1.80. The van der Waals surface area contributed by atoms with Gasteiger partial charge in [-0.1, -0.05) is 18.2 Å². The lowest BCUT2D eigenvalue weighted by Gasteiger charge is -1.98. The number of carbonyl (C=O) groups excluding carboxylic acids is 2. The van der Waals surface area contributed by atoms with Crippen molar-refractivity contribution >= 4 is 12.6 Å². The molecule has 0 aliphatic rings. The first-order valence-corrected chi connectivity index (χ1v) is 3.29. The fourth-order valence-electron chi connectivity index (χ4n) is 0.967. The summed E-state index contributed by atoms with van der Waals surface area (Å²) in [5.74, 6) is 0. The maximum atomic E-state index is 10.4. The van der Waals surface area contributed by atoms with Crippen LogP contribution in [0, 0.1) is 6.92 Å². The molecule has 0 aromatic heterocycles. The predicted molar refractivity (Wildman–Crippen MR) is 42.0 cm³/mol. The van der Waals surface area contributed by atoms with E-state index in [0.29, 0.717) is 23.7 Å². The molecule has 0 aliphatic heterocycles. The minimum absolute atomic E-state index is 0.458. The van der Waals surface area contributed by atoms with E-state index in [9.17, 15) is 9.59 Å². The van der Waals surface area contributed by atoms with Gasteiger partial charge in [0.1, 0.15) is 0 Å². The Bertz CT molecular complexity index is 290. The maximum Gasteiger partial charge on any atom is 0.151 e. The molecule has 0 heterocycles. The highest BCUT2D eigenvalue weighted by atomic mass is 16.1. The molecule has 0 spiro atoms. The zero-order chi connectivity index (χ0) is 8.27. The van der Waals surface area contributed by atoms with E-state index in [2.05, 4.69) is 0 Å². The minimum Gasteiger partial charge on any atom is -0.298 e. The smallest absolute Gasteiger partial charge is 0.151 e. The quantitative estimate of drug-likeness (QED) is 0.597. The van der Waals surface area contributed by atoms with Crippen LogP contribution < -0.4 is 0 Å². The molecule has 1 aromatic rings. The monoisotopic (exact) mass is 148 g/mol. The molecule has 0 N–H and O–H groups in total. The van der Waals surface area contributed by atoms with Crippen molar-refractivity contribution in [3.8, 4) is 0 Å². The van der Waals surface area contributed by atoms with Gasteiger partial charge in [-0.2, -0.15) is 0 Å². The van der Waals surface area contributed by atoms with Gasteiger partial charge in [-0.05, 0) is 12.5 Å². The van der Waals surface area contributed by atoms with Gasteiger partial charge >= 0.3 is 0 Å². The zero-order valence-electron chi connectivity index (χ0n) is 6.20. The van der Waals surface area contributed by atoms with Crippen LogP contribution in [0.1, 0.15) is 26.3 Å². The number of hydrogen-bond acceptors (Lipinski definition) is 2. The van der Waals surface area contributed by atoms with Gasteiger partial charge in [-0.3, -0.25) is 9.59 Å². The Hall–Kier alpha value is -1.44. The van der Waals surface area contributed by atoms with E-state index in [0.717, 1.165) is 5.56 Å². The fraction of sp³-hybridized carbons (Fsp3) is 0.111. The van der Waals surface area contributed by atoms with Crippen molar-refractivity contribution in [3.63, 3.8) is 0 Å². The molecule has 0 atom stereocenters. The third kappa shape index (κ3) is 1.34. The first kappa shape index (κ1) is 7.66. The fourth-order valence-corrected chi connectivity index (χ4v) is 0.967. The third-order valence-electron chi connectivity index (χ3n) is 1.60. The Kier molecular flexibility index (Phi) is 2.16. The highest BCUT2D eigenvalue weighted by Gasteiger charge is 2.01. The highest BCUT2D eigenvalue weighted by Crippen LogP contribution is 2.08. The molecule has 0 radical (unpaired) electrons. The normalized spacial score (nSPS) is 9.18. The molecule has 0 unspecified atom stereocenters. The number of carbonyl (C=O) groups is 2. The molecular weight excluding hydrogens is 140 g/mol. The maximum absolute atomic E-state index is 10.4. The van der Waals surface area contributed by atoms with Crippen LogP contribution in [0.25, 0.3) is 0 Å². The van der Waals surface area contributed by atoms with Crippen molar-refractivity contribution in [3.05, 3.63) is 34.9 Å². The molecule has 1 aromatic carbocycles. The summed E-state index contributed by atoms with van der Waals surface area (Å²) in [4.78, 5) is 20.8. The van der Waals surface area contributed by atoms with E-state index in [-0.39, 0.29) is 0 Å². The molecule has 2 nitrogen and oxygen atoms in total. The van der Waals surface area contributed by atoms with Gasteiger partial charge in [0, 0.05) is 11.1 Å². The molecule has 0 amide bonds. The van der Waals surface area contributed by atoms with Gasteiger partial charge in [0.05, 0.1) is 0 Å². The van der Waals surface area contributed by atoms with Crippen molar-refractivity contribution in [1.82, 2.24) is 0 Å². The summed E-state index contributed by atoms with van der Waals surface area (Å²) in [6.07, 6.45) is 1.40. The Labute approximate surface area is 64.8 Å². The van der Waals surface area contributed by atoms with Crippen molar-refractivity contribution in [2.45, 2.75) is 6.92 Å². The second-order valence-electron chi connectivity index (χ2n) is 2.31. The lowest BCUT2D eigenvalue weighted by atomic mass is 10.0. The second kappa shape index (κ2) is 3.10. The zero-order valence-corrected chi connectivity index (χ0v) is 6.20. The Balaban J connectivity index is 3.35. The molecule has 56 valence electrons. The van der Waals surface area contributed by atoms with Crippen LogP contribution in [0.5, 0.6) is 0 Å². The first-order valence-electron chi connectivity index (χ1n) is 3.29. The van der Waals surface area contributed by atoms with Crippen LogP contribution in [0.15, 0.2) is 18.2 Å². The SMILES string of the molecule is Cc1cccc(C=O)c1C=O. The molecule has 0 saturated carbocycles. The van der Waals surface area contributed by atoms with Crippen LogP contribution in [0.3, 0.4) is 0 Å². The molecule has 11 heavy (non-hydrogen) atoms. The molecule has 0 aliphatic carbocycles. The van der Waals surface area contributed by atoms with E-state index in [1.165, 1.54) is 0 Å². The summed E-state index contributed by atoms with van der Waals surface area (Å²) in [7, 11) is 0. The lowest BCUT2D eigenvalue weighted by Crippen LogP contribution is -1.93. The van der Waals surface area contributed by atoms with E-state index in [1.807, 2.05) is 0 Å². The topological polar surface area (TPSA) is 34.1 Å². The number of rotatable bonds is 2. The Morgan fingerprint density at radius 3 is 2.36 bits per heavy atom. The van der Waals surface area contributed by atoms with Crippen LogP contribution in [-0.4, -0.2) is 12.6 Å². The highest BCUT2D eigenvalue weighted by molar-refractivity contribution is 5.91. The molecule has 0 bridgehead atoms. The van der Waals surface area contributed by atoms with Crippen LogP contribution in [-0.2, 0) is 0 Å². The van der Waals surface area contributed by atoms with E-state index in [1.54, 1.807) is 25.1 Å². The van der Waals surface area contributed by atoms with Gasteiger partial charge in [0.2, 0.25) is 0 Å². The largest absolute Gasteiger partial charge is 0.298 e. The van der Waals surface area contributed by atoms with Crippen LogP contribution in [0.4, 0.5) is 0 Å². The summed E-state index contributed by atoms with van der Waals surface area (Å²) < 4.78 is 0. The summed E-state index contributed by atoms with van der Waals surface area (Å²) in [6, 6.07) is 5.19. The number of aryl methyl sites for hydroxylation is 1. The molecule has 1 rings (SSSR count). The van der Waals surface area contributed by atoms with E-state index in [4.69, 9.17) is 0 Å².